The molecule has 0 aromatic heterocycles. The van der Waals surface area contributed by atoms with Crippen molar-refractivity contribution in [2.24, 2.45) is 0 Å². The highest BCUT2D eigenvalue weighted by molar-refractivity contribution is 5.95. The molecule has 0 aliphatic carbocycles. The lowest BCUT2D eigenvalue weighted by atomic mass is 9.99. The molecule has 0 unspecified atom stereocenters. The van der Waals surface area contributed by atoms with Gasteiger partial charge in [-0.25, -0.2) is 9.59 Å². The van der Waals surface area contributed by atoms with Crippen molar-refractivity contribution in [2.75, 3.05) is 31.3 Å². The van der Waals surface area contributed by atoms with E-state index in [2.05, 4.69) is 0 Å². The van der Waals surface area contributed by atoms with Crippen LogP contribution in [0, 0.1) is 0 Å². The Hall–Kier alpha value is -3.38. The molecule has 0 spiro atoms. The van der Waals surface area contributed by atoms with Gasteiger partial charge in [-0.3, -0.25) is 0 Å². The number of nitrogens with two attached hydrogens (primary N) is 2. The Balaban J connectivity index is 1.42. The number of aliphatic hydroxyl groups excluding tert-OH is 6. The summed E-state index contributed by atoms with van der Waals surface area (Å²) in [5.41, 5.74) is 11.9. The van der Waals surface area contributed by atoms with Crippen molar-refractivity contribution >= 4 is 23.3 Å². The summed E-state index contributed by atoms with van der Waals surface area (Å²) in [6, 6.07) is 12.1. The Bertz CT molecular complexity index is 1230. The number of ether oxygens (including phenoxy) is 5. The van der Waals surface area contributed by atoms with Crippen LogP contribution in [0.15, 0.2) is 48.5 Å². The van der Waals surface area contributed by atoms with Crippen molar-refractivity contribution < 1.29 is 63.9 Å². The zero-order valence-corrected chi connectivity index (χ0v) is 21.6. The second kappa shape index (κ2) is 12.6. The van der Waals surface area contributed by atoms with Crippen molar-refractivity contribution in [1.29, 1.82) is 0 Å². The molecule has 2 aromatic rings. The van der Waals surface area contributed by atoms with Crippen LogP contribution < -0.4 is 11.5 Å². The van der Waals surface area contributed by atoms with E-state index in [0.29, 0.717) is 0 Å². The number of nitrogen functional groups attached to an aromatic ring is 2. The summed E-state index contributed by atoms with van der Waals surface area (Å²) in [5.74, 6) is -4.11. The van der Waals surface area contributed by atoms with E-state index in [1.54, 1.807) is 24.3 Å². The van der Waals surface area contributed by atoms with Gasteiger partial charge in [0.2, 0.25) is 5.79 Å². The van der Waals surface area contributed by atoms with Gasteiger partial charge in [0.1, 0.15) is 62.5 Å². The minimum absolute atomic E-state index is 0.0450. The van der Waals surface area contributed by atoms with Crippen LogP contribution in [0.25, 0.3) is 0 Å². The molecule has 41 heavy (non-hydrogen) atoms. The highest BCUT2D eigenvalue weighted by Crippen LogP contribution is 2.36. The van der Waals surface area contributed by atoms with Crippen LogP contribution in [0.2, 0.25) is 0 Å². The normalized spacial score (nSPS) is 33.3. The van der Waals surface area contributed by atoms with Crippen molar-refractivity contribution in [3.8, 4) is 0 Å². The molecule has 2 aromatic carbocycles. The Morgan fingerprint density at radius 1 is 0.756 bits per heavy atom. The van der Waals surface area contributed by atoms with Gasteiger partial charge < -0.3 is 65.8 Å². The third-order valence-electron chi connectivity index (χ3n) is 6.83. The summed E-state index contributed by atoms with van der Waals surface area (Å²) in [5, 5.41) is 62.5. The predicted molar refractivity (Wildman–Crippen MR) is 137 cm³/mol. The van der Waals surface area contributed by atoms with Gasteiger partial charge in [-0.2, -0.15) is 0 Å². The summed E-state index contributed by atoms with van der Waals surface area (Å²) in [7, 11) is 0. The molecule has 15 heteroatoms. The summed E-state index contributed by atoms with van der Waals surface area (Å²) in [6.07, 6.45) is -14.0. The lowest BCUT2D eigenvalue weighted by molar-refractivity contribution is -0.383. The van der Waals surface area contributed by atoms with Crippen LogP contribution in [0.5, 0.6) is 0 Å². The maximum Gasteiger partial charge on any atom is 0.340 e. The van der Waals surface area contributed by atoms with Gasteiger partial charge in [-0.05, 0) is 24.3 Å². The van der Waals surface area contributed by atoms with Gasteiger partial charge in [0.05, 0.1) is 11.1 Å². The number of benzene rings is 2. The summed E-state index contributed by atoms with van der Waals surface area (Å²) in [4.78, 5) is 24.8. The molecule has 0 radical (unpaired) electrons. The molecule has 2 aliphatic rings. The Morgan fingerprint density at radius 2 is 1.27 bits per heavy atom. The molecule has 224 valence electrons. The summed E-state index contributed by atoms with van der Waals surface area (Å²) >= 11 is 0. The van der Waals surface area contributed by atoms with Crippen LogP contribution >= 0.6 is 0 Å². The Kier molecular flexibility index (Phi) is 9.43. The van der Waals surface area contributed by atoms with Crippen molar-refractivity contribution in [2.45, 2.75) is 54.8 Å². The minimum Gasteiger partial charge on any atom is -0.459 e. The van der Waals surface area contributed by atoms with E-state index in [1.807, 2.05) is 0 Å². The molecule has 10 N–H and O–H groups in total. The van der Waals surface area contributed by atoms with Crippen molar-refractivity contribution in [3.05, 3.63) is 59.7 Å². The molecule has 2 aliphatic heterocycles. The highest BCUT2D eigenvalue weighted by Gasteiger charge is 2.58. The van der Waals surface area contributed by atoms with Gasteiger partial charge in [-0.15, -0.1) is 0 Å². The molecule has 0 amide bonds. The summed E-state index contributed by atoms with van der Waals surface area (Å²) < 4.78 is 26.9. The predicted octanol–water partition coefficient (Wildman–Crippen LogP) is -2.50. The fourth-order valence-corrected chi connectivity index (χ4v) is 4.44. The fraction of sp³-hybridized carbons (Fsp3) is 0.462. The first kappa shape index (κ1) is 30.6. The average Bonchev–Trinajstić information content (AvgIpc) is 3.20. The number of aliphatic hydroxyl groups is 6. The molecule has 2 fully saturated rings. The van der Waals surface area contributed by atoms with E-state index in [4.69, 9.17) is 35.2 Å². The van der Waals surface area contributed by atoms with Gasteiger partial charge in [0.15, 0.2) is 6.29 Å². The fourth-order valence-electron chi connectivity index (χ4n) is 4.44. The van der Waals surface area contributed by atoms with Gasteiger partial charge in [-0.1, -0.05) is 24.3 Å². The van der Waals surface area contributed by atoms with Crippen LogP contribution in [-0.2, 0) is 23.7 Å². The van der Waals surface area contributed by atoms with E-state index in [-0.39, 0.29) is 22.5 Å². The lowest BCUT2D eigenvalue weighted by Gasteiger charge is -2.43. The van der Waals surface area contributed by atoms with Gasteiger partial charge in [0, 0.05) is 11.4 Å². The van der Waals surface area contributed by atoms with Gasteiger partial charge in [0.25, 0.3) is 0 Å². The minimum atomic E-state index is -2.42. The zero-order valence-electron chi connectivity index (χ0n) is 21.6. The Morgan fingerprint density at radius 3 is 1.78 bits per heavy atom. The standard InChI is InChI=1S/C26H32N2O13/c27-14-7-3-1-5-12(14)23(35)37-9-16-18(30)20(32)21(33)25(39-16)41-26(11-29)22(34)19(31)17(40-26)10-38-24(36)13-6-2-4-8-15(13)28/h1-8,16-22,25,29-34H,9-11,27-28H2/t16-,17+,18-,19+,20+,21-,22-,25+,26-/m0/s1. The number of carbonyl (C=O) groups excluding carboxylic acids is 2. The number of carbonyl (C=O) groups is 2. The number of esters is 2. The van der Waals surface area contributed by atoms with E-state index in [0.717, 1.165) is 0 Å². The Labute approximate surface area is 233 Å². The number of anilines is 2. The molecule has 2 saturated heterocycles. The van der Waals surface area contributed by atoms with E-state index < -0.39 is 86.6 Å². The van der Waals surface area contributed by atoms with E-state index in [1.165, 1.54) is 24.3 Å². The van der Waals surface area contributed by atoms with Crippen molar-refractivity contribution in [3.63, 3.8) is 0 Å². The van der Waals surface area contributed by atoms with Crippen LogP contribution in [-0.4, -0.2) is 117 Å². The molecule has 0 bridgehead atoms. The average molecular weight is 581 g/mol. The first-order valence-electron chi connectivity index (χ1n) is 12.5. The number of rotatable bonds is 9. The first-order valence-corrected chi connectivity index (χ1v) is 12.5. The molecule has 2 heterocycles. The van der Waals surface area contributed by atoms with Crippen molar-refractivity contribution in [1.82, 2.24) is 0 Å². The SMILES string of the molecule is Nc1ccccc1C(=O)OC[C@@H]1O[C@H](O[C@]2(CO)O[C@H](COC(=O)c3ccccc3N)[C@@H](O)[C@@H]2O)[C@@H](O)[C@H](O)[C@H]1O. The highest BCUT2D eigenvalue weighted by atomic mass is 16.8. The lowest BCUT2D eigenvalue weighted by Crippen LogP contribution is -2.62. The second-order valence-electron chi connectivity index (χ2n) is 9.57. The topological polar surface area (TPSA) is 254 Å². The summed E-state index contributed by atoms with van der Waals surface area (Å²) in [6.45, 7) is -2.29. The number of hydrogen-bond acceptors (Lipinski definition) is 15. The largest absolute Gasteiger partial charge is 0.459 e. The number of hydrogen-bond donors (Lipinski definition) is 8. The number of para-hydroxylation sites is 2. The monoisotopic (exact) mass is 580 g/mol. The van der Waals surface area contributed by atoms with Crippen LogP contribution in [0.4, 0.5) is 11.4 Å². The first-order chi connectivity index (χ1) is 19.5. The zero-order chi connectivity index (χ0) is 29.9. The molecule has 4 rings (SSSR count). The van der Waals surface area contributed by atoms with Crippen LogP contribution in [0.3, 0.4) is 0 Å². The molecular weight excluding hydrogens is 548 g/mol. The third-order valence-corrected chi connectivity index (χ3v) is 6.83. The maximum absolute atomic E-state index is 12.4. The smallest absolute Gasteiger partial charge is 0.340 e. The van der Waals surface area contributed by atoms with E-state index >= 15 is 0 Å². The molecular formula is C26H32N2O13. The van der Waals surface area contributed by atoms with Crippen LogP contribution in [0.1, 0.15) is 20.7 Å². The van der Waals surface area contributed by atoms with Gasteiger partial charge >= 0.3 is 11.9 Å². The maximum atomic E-state index is 12.4. The second-order valence-corrected chi connectivity index (χ2v) is 9.57. The molecule has 9 atom stereocenters. The molecule has 0 saturated carbocycles. The third kappa shape index (κ3) is 6.28. The van der Waals surface area contributed by atoms with E-state index in [9.17, 15) is 40.2 Å². The quantitative estimate of drug-likeness (QED) is 0.113. The molecule has 15 nitrogen and oxygen atoms in total.